The zero-order valence-electron chi connectivity index (χ0n) is 13.0. The first-order valence-electron chi connectivity index (χ1n) is 8.38. The summed E-state index contributed by atoms with van der Waals surface area (Å²) in [5.74, 6) is 0. The average molecular weight is 274 g/mol. The molecule has 0 saturated carbocycles. The second-order valence-electron chi connectivity index (χ2n) is 6.06. The number of nitrogens with one attached hydrogen (secondary N) is 1. The van der Waals surface area contributed by atoms with E-state index in [0.717, 1.165) is 6.42 Å². The molecular formula is C18H30N2. The Balaban J connectivity index is 1.77. The Hall–Kier alpha value is -0.860. The molecule has 1 aromatic rings. The van der Waals surface area contributed by atoms with Crippen molar-refractivity contribution in [1.29, 1.82) is 0 Å². The molecule has 1 aliphatic heterocycles. The lowest BCUT2D eigenvalue weighted by atomic mass is 10.1. The minimum atomic E-state index is 0.617. The van der Waals surface area contributed by atoms with E-state index in [1.807, 2.05) is 0 Å². The van der Waals surface area contributed by atoms with Gasteiger partial charge in [0.25, 0.3) is 0 Å². The van der Waals surface area contributed by atoms with Crippen LogP contribution in [0.2, 0.25) is 0 Å². The maximum Gasteiger partial charge on any atom is 0.0235 e. The summed E-state index contributed by atoms with van der Waals surface area (Å²) in [5.41, 5.74) is 1.46. The highest BCUT2D eigenvalue weighted by molar-refractivity contribution is 5.16. The van der Waals surface area contributed by atoms with E-state index in [-0.39, 0.29) is 0 Å². The number of benzene rings is 1. The van der Waals surface area contributed by atoms with Crippen LogP contribution in [0.25, 0.3) is 0 Å². The van der Waals surface area contributed by atoms with E-state index < -0.39 is 0 Å². The summed E-state index contributed by atoms with van der Waals surface area (Å²) in [7, 11) is 0. The van der Waals surface area contributed by atoms with Gasteiger partial charge in [0.1, 0.15) is 0 Å². The van der Waals surface area contributed by atoms with E-state index in [0.29, 0.717) is 6.04 Å². The molecule has 0 aliphatic carbocycles. The molecule has 20 heavy (non-hydrogen) atoms. The molecule has 0 aromatic heterocycles. The molecule has 2 nitrogen and oxygen atoms in total. The summed E-state index contributed by atoms with van der Waals surface area (Å²) in [5, 5.41) is 3.72. The van der Waals surface area contributed by atoms with Crippen LogP contribution in [0.5, 0.6) is 0 Å². The van der Waals surface area contributed by atoms with Gasteiger partial charge in [-0.2, -0.15) is 0 Å². The predicted molar refractivity (Wildman–Crippen MR) is 87.1 cm³/mol. The first-order valence-corrected chi connectivity index (χ1v) is 8.38. The van der Waals surface area contributed by atoms with Crippen LogP contribution < -0.4 is 5.32 Å². The van der Waals surface area contributed by atoms with Crippen LogP contribution in [-0.2, 0) is 6.42 Å². The molecule has 1 atom stereocenters. The zero-order chi connectivity index (χ0) is 14.0. The van der Waals surface area contributed by atoms with E-state index in [2.05, 4.69) is 47.5 Å². The number of hydrogen-bond donors (Lipinski definition) is 1. The Bertz CT molecular complexity index is 350. The summed E-state index contributed by atoms with van der Waals surface area (Å²) < 4.78 is 0. The highest BCUT2D eigenvalue weighted by Crippen LogP contribution is 2.09. The van der Waals surface area contributed by atoms with Crippen molar-refractivity contribution < 1.29 is 0 Å². The van der Waals surface area contributed by atoms with Gasteiger partial charge in [-0.05, 0) is 44.5 Å². The van der Waals surface area contributed by atoms with Crippen LogP contribution in [0.1, 0.15) is 44.6 Å². The van der Waals surface area contributed by atoms with Crippen LogP contribution >= 0.6 is 0 Å². The minimum absolute atomic E-state index is 0.617. The Morgan fingerprint density at radius 2 is 2.00 bits per heavy atom. The maximum atomic E-state index is 3.72. The van der Waals surface area contributed by atoms with Gasteiger partial charge in [0.2, 0.25) is 0 Å². The molecule has 0 amide bonds. The maximum absolute atomic E-state index is 3.72. The minimum Gasteiger partial charge on any atom is -0.312 e. The van der Waals surface area contributed by atoms with E-state index in [1.165, 1.54) is 63.8 Å². The quantitative estimate of drug-likeness (QED) is 0.766. The first kappa shape index (κ1) is 15.5. The molecule has 1 N–H and O–H groups in total. The topological polar surface area (TPSA) is 15.3 Å². The Morgan fingerprint density at radius 1 is 1.15 bits per heavy atom. The van der Waals surface area contributed by atoms with Gasteiger partial charge < -0.3 is 10.2 Å². The number of hydrogen-bond acceptors (Lipinski definition) is 2. The molecule has 0 radical (unpaired) electrons. The Labute approximate surface area is 124 Å². The molecule has 0 bridgehead atoms. The largest absolute Gasteiger partial charge is 0.312 e. The third-order valence-electron chi connectivity index (χ3n) is 4.22. The fourth-order valence-corrected chi connectivity index (χ4v) is 3.08. The van der Waals surface area contributed by atoms with Gasteiger partial charge in [0, 0.05) is 12.6 Å². The molecule has 1 fully saturated rings. The van der Waals surface area contributed by atoms with Crippen molar-refractivity contribution in [2.75, 3.05) is 26.2 Å². The van der Waals surface area contributed by atoms with E-state index in [1.54, 1.807) is 0 Å². The molecule has 1 saturated heterocycles. The van der Waals surface area contributed by atoms with Crippen molar-refractivity contribution in [3.05, 3.63) is 35.9 Å². The van der Waals surface area contributed by atoms with Crippen molar-refractivity contribution in [2.45, 2.75) is 51.5 Å². The fourth-order valence-electron chi connectivity index (χ4n) is 3.08. The Kier molecular flexibility index (Phi) is 7.10. The van der Waals surface area contributed by atoms with E-state index in [4.69, 9.17) is 0 Å². The Morgan fingerprint density at radius 3 is 2.80 bits per heavy atom. The molecule has 1 aromatic carbocycles. The third-order valence-corrected chi connectivity index (χ3v) is 4.22. The molecule has 112 valence electrons. The number of unbranched alkanes of at least 4 members (excludes halogenated alkanes) is 3. The standard InChI is InChI=1S/C18H30N2/c1-2-3-4-8-13-20-14-9-12-19-18(16-20)15-17-10-6-5-7-11-17/h5-7,10-11,18-19H,2-4,8-9,12-16H2,1H3. The predicted octanol–water partition coefficient (Wildman–Crippen LogP) is 3.47. The fraction of sp³-hybridized carbons (Fsp3) is 0.667. The van der Waals surface area contributed by atoms with Gasteiger partial charge in [-0.3, -0.25) is 0 Å². The van der Waals surface area contributed by atoms with Gasteiger partial charge in [0.15, 0.2) is 0 Å². The van der Waals surface area contributed by atoms with Crippen LogP contribution in [0.15, 0.2) is 30.3 Å². The van der Waals surface area contributed by atoms with Crippen molar-refractivity contribution in [1.82, 2.24) is 10.2 Å². The van der Waals surface area contributed by atoms with Crippen molar-refractivity contribution in [3.8, 4) is 0 Å². The summed E-state index contributed by atoms with van der Waals surface area (Å²) in [6, 6.07) is 11.5. The number of rotatable bonds is 7. The SMILES string of the molecule is CCCCCCN1CCCNC(Cc2ccccc2)C1. The highest BCUT2D eigenvalue weighted by Gasteiger charge is 2.17. The first-order chi connectivity index (χ1) is 9.88. The van der Waals surface area contributed by atoms with Crippen LogP contribution in [-0.4, -0.2) is 37.1 Å². The lowest BCUT2D eigenvalue weighted by Gasteiger charge is -2.24. The van der Waals surface area contributed by atoms with Gasteiger partial charge in [0.05, 0.1) is 0 Å². The molecule has 2 heteroatoms. The van der Waals surface area contributed by atoms with Crippen LogP contribution in [0.3, 0.4) is 0 Å². The number of nitrogens with zero attached hydrogens (tertiary/aromatic N) is 1. The van der Waals surface area contributed by atoms with Gasteiger partial charge in [-0.25, -0.2) is 0 Å². The zero-order valence-corrected chi connectivity index (χ0v) is 13.0. The summed E-state index contributed by atoms with van der Waals surface area (Å²) >= 11 is 0. The van der Waals surface area contributed by atoms with Crippen LogP contribution in [0, 0.1) is 0 Å². The molecule has 1 heterocycles. The molecule has 1 aliphatic rings. The van der Waals surface area contributed by atoms with Crippen molar-refractivity contribution >= 4 is 0 Å². The van der Waals surface area contributed by atoms with E-state index in [9.17, 15) is 0 Å². The van der Waals surface area contributed by atoms with Gasteiger partial charge in [-0.1, -0.05) is 56.5 Å². The smallest absolute Gasteiger partial charge is 0.0235 e. The summed E-state index contributed by atoms with van der Waals surface area (Å²) in [6.45, 7) is 7.22. The summed E-state index contributed by atoms with van der Waals surface area (Å²) in [6.07, 6.45) is 7.93. The van der Waals surface area contributed by atoms with Gasteiger partial charge >= 0.3 is 0 Å². The normalized spacial score (nSPS) is 20.8. The highest BCUT2D eigenvalue weighted by atomic mass is 15.2. The van der Waals surface area contributed by atoms with E-state index >= 15 is 0 Å². The molecule has 1 unspecified atom stereocenters. The molecule has 2 rings (SSSR count). The lowest BCUT2D eigenvalue weighted by Crippen LogP contribution is -2.39. The lowest BCUT2D eigenvalue weighted by molar-refractivity contribution is 0.261. The van der Waals surface area contributed by atoms with Crippen molar-refractivity contribution in [3.63, 3.8) is 0 Å². The molecular weight excluding hydrogens is 244 g/mol. The van der Waals surface area contributed by atoms with Crippen molar-refractivity contribution in [2.24, 2.45) is 0 Å². The van der Waals surface area contributed by atoms with Gasteiger partial charge in [-0.15, -0.1) is 0 Å². The monoisotopic (exact) mass is 274 g/mol. The second kappa shape index (κ2) is 9.15. The van der Waals surface area contributed by atoms with Crippen LogP contribution in [0.4, 0.5) is 0 Å². The molecule has 0 spiro atoms. The third kappa shape index (κ3) is 5.64. The second-order valence-corrected chi connectivity index (χ2v) is 6.06. The summed E-state index contributed by atoms with van der Waals surface area (Å²) in [4.78, 5) is 2.67. The average Bonchev–Trinajstić information content (AvgIpc) is 2.70.